The second-order valence-electron chi connectivity index (χ2n) is 8.65. The summed E-state index contributed by atoms with van der Waals surface area (Å²) in [5.74, 6) is -2.38. The molecule has 4 heterocycles. The molecule has 36 heavy (non-hydrogen) atoms. The van der Waals surface area contributed by atoms with Gasteiger partial charge in [-0.25, -0.2) is 4.98 Å². The molecule has 2 aliphatic rings. The molecule has 2 aromatic heterocycles. The van der Waals surface area contributed by atoms with E-state index in [1.165, 1.54) is 0 Å². The Labute approximate surface area is 205 Å². The number of nitrogens with zero attached hydrogens (tertiary/aromatic N) is 3. The Balaban J connectivity index is 1.15. The van der Waals surface area contributed by atoms with Crippen molar-refractivity contribution in [1.29, 1.82) is 0 Å². The number of fused-ring (bicyclic) bond motifs is 2. The van der Waals surface area contributed by atoms with Crippen molar-refractivity contribution < 1.29 is 24.0 Å². The summed E-state index contributed by atoms with van der Waals surface area (Å²) in [4.78, 5) is 67.3. The van der Waals surface area contributed by atoms with E-state index in [2.05, 4.69) is 20.9 Å². The number of anilines is 1. The summed E-state index contributed by atoms with van der Waals surface area (Å²) in [6.07, 6.45) is 5.00. The zero-order valence-corrected chi connectivity index (χ0v) is 19.3. The van der Waals surface area contributed by atoms with Gasteiger partial charge in [0.25, 0.3) is 17.7 Å². The summed E-state index contributed by atoms with van der Waals surface area (Å²) in [5.41, 5.74) is 2.08. The number of amides is 5. The van der Waals surface area contributed by atoms with E-state index in [-0.39, 0.29) is 29.9 Å². The van der Waals surface area contributed by atoms with Gasteiger partial charge >= 0.3 is 0 Å². The average molecular weight is 489 g/mol. The van der Waals surface area contributed by atoms with E-state index in [1.807, 2.05) is 24.4 Å². The Bertz CT molecular complexity index is 1400. The monoisotopic (exact) mass is 488 g/mol. The molecule has 11 nitrogen and oxygen atoms in total. The van der Waals surface area contributed by atoms with Crippen LogP contribution in [0.4, 0.5) is 5.69 Å². The van der Waals surface area contributed by atoms with Crippen LogP contribution in [0.2, 0.25) is 0 Å². The first kappa shape index (κ1) is 23.2. The van der Waals surface area contributed by atoms with Crippen molar-refractivity contribution in [3.8, 4) is 0 Å². The van der Waals surface area contributed by atoms with Crippen LogP contribution in [0.15, 0.2) is 48.9 Å². The predicted molar refractivity (Wildman–Crippen MR) is 128 cm³/mol. The molecule has 0 bridgehead atoms. The van der Waals surface area contributed by atoms with Gasteiger partial charge in [0.15, 0.2) is 5.69 Å². The van der Waals surface area contributed by atoms with Crippen molar-refractivity contribution in [2.45, 2.75) is 31.7 Å². The van der Waals surface area contributed by atoms with E-state index in [1.54, 1.807) is 28.9 Å². The van der Waals surface area contributed by atoms with Crippen LogP contribution in [0.25, 0.3) is 5.52 Å². The van der Waals surface area contributed by atoms with Gasteiger partial charge in [-0.05, 0) is 43.5 Å². The summed E-state index contributed by atoms with van der Waals surface area (Å²) in [7, 11) is 0. The number of aromatic nitrogens is 2. The van der Waals surface area contributed by atoms with Crippen LogP contribution in [-0.2, 0) is 9.59 Å². The molecule has 11 heteroatoms. The maximum atomic E-state index is 13.1. The van der Waals surface area contributed by atoms with Gasteiger partial charge in [-0.15, -0.1) is 0 Å². The molecule has 1 aromatic carbocycles. The second kappa shape index (κ2) is 9.61. The van der Waals surface area contributed by atoms with Crippen molar-refractivity contribution in [1.82, 2.24) is 24.9 Å². The Morgan fingerprint density at radius 1 is 1.03 bits per heavy atom. The fraction of sp³-hybridized carbons (Fsp3) is 0.280. The molecule has 2 aliphatic heterocycles. The molecule has 0 spiro atoms. The third kappa shape index (κ3) is 4.19. The normalized spacial score (nSPS) is 17.3. The standard InChI is InChI=1S/C25H24N6O5/c32-19-10-9-18(22(33)29-19)31-24(35)15-6-5-7-16(20(15)25(31)36)26-11-2-3-12-27-23(34)21-17-8-1-4-13-30(17)14-28-21/h1,4-8,13-14,18,26H,2-3,9-12H2,(H,27,34)(H,29,32,33). The lowest BCUT2D eigenvalue weighted by Gasteiger charge is -2.27. The molecular formula is C25H24N6O5. The minimum absolute atomic E-state index is 0.0718. The average Bonchev–Trinajstić information content (AvgIpc) is 3.41. The smallest absolute Gasteiger partial charge is 0.272 e. The number of pyridine rings is 1. The summed E-state index contributed by atoms with van der Waals surface area (Å²) < 4.78 is 1.78. The lowest BCUT2D eigenvalue weighted by Crippen LogP contribution is -2.54. The highest BCUT2D eigenvalue weighted by atomic mass is 16.2. The van der Waals surface area contributed by atoms with E-state index in [9.17, 15) is 24.0 Å². The maximum absolute atomic E-state index is 13.1. The molecule has 3 aromatic rings. The SMILES string of the molecule is O=C1CCC(N2C(=O)c3cccc(NCCCCNC(=O)c4ncn5ccccc45)c3C2=O)C(=O)N1. The predicted octanol–water partition coefficient (Wildman–Crippen LogP) is 1.36. The first-order chi connectivity index (χ1) is 17.5. The maximum Gasteiger partial charge on any atom is 0.272 e. The van der Waals surface area contributed by atoms with E-state index >= 15 is 0 Å². The fourth-order valence-electron chi connectivity index (χ4n) is 4.54. The highest BCUT2D eigenvalue weighted by Gasteiger charge is 2.45. The number of hydrogen-bond donors (Lipinski definition) is 3. The molecule has 5 amide bonds. The van der Waals surface area contributed by atoms with Gasteiger partial charge in [0.2, 0.25) is 11.8 Å². The van der Waals surface area contributed by atoms with Crippen LogP contribution in [0.5, 0.6) is 0 Å². The van der Waals surface area contributed by atoms with Gasteiger partial charge < -0.3 is 15.0 Å². The lowest BCUT2D eigenvalue weighted by molar-refractivity contribution is -0.136. The van der Waals surface area contributed by atoms with Crippen LogP contribution >= 0.6 is 0 Å². The van der Waals surface area contributed by atoms with Crippen molar-refractivity contribution in [3.63, 3.8) is 0 Å². The fourth-order valence-corrected chi connectivity index (χ4v) is 4.54. The molecule has 0 saturated carbocycles. The number of unbranched alkanes of at least 4 members (excludes halogenated alkanes) is 1. The zero-order valence-electron chi connectivity index (χ0n) is 19.3. The molecule has 0 aliphatic carbocycles. The van der Waals surface area contributed by atoms with E-state index in [0.717, 1.165) is 10.4 Å². The Hall–Kier alpha value is -4.54. The molecule has 1 fully saturated rings. The van der Waals surface area contributed by atoms with Crippen LogP contribution < -0.4 is 16.0 Å². The third-order valence-electron chi connectivity index (χ3n) is 6.33. The van der Waals surface area contributed by atoms with Crippen molar-refractivity contribution in [2.75, 3.05) is 18.4 Å². The molecule has 184 valence electrons. The minimum Gasteiger partial charge on any atom is -0.384 e. The van der Waals surface area contributed by atoms with E-state index in [4.69, 9.17) is 0 Å². The topological polar surface area (TPSA) is 142 Å². The molecular weight excluding hydrogens is 464 g/mol. The van der Waals surface area contributed by atoms with Crippen LogP contribution in [0, 0.1) is 0 Å². The summed E-state index contributed by atoms with van der Waals surface area (Å²) in [6.45, 7) is 0.972. The van der Waals surface area contributed by atoms with Crippen LogP contribution in [-0.4, -0.2) is 63.0 Å². The quantitative estimate of drug-likeness (QED) is 0.321. The number of imidazole rings is 1. The van der Waals surface area contributed by atoms with Crippen LogP contribution in [0.1, 0.15) is 56.9 Å². The highest BCUT2D eigenvalue weighted by Crippen LogP contribution is 2.32. The van der Waals surface area contributed by atoms with Gasteiger partial charge in [-0.2, -0.15) is 0 Å². The number of rotatable bonds is 8. The van der Waals surface area contributed by atoms with Gasteiger partial charge in [-0.1, -0.05) is 12.1 Å². The Morgan fingerprint density at radius 2 is 1.86 bits per heavy atom. The number of benzene rings is 1. The first-order valence-corrected chi connectivity index (χ1v) is 11.7. The molecule has 0 radical (unpaired) electrons. The van der Waals surface area contributed by atoms with Crippen molar-refractivity contribution in [3.05, 3.63) is 65.7 Å². The van der Waals surface area contributed by atoms with Crippen molar-refractivity contribution >= 4 is 40.7 Å². The number of imide groups is 2. The van der Waals surface area contributed by atoms with Gasteiger partial charge in [-0.3, -0.25) is 34.2 Å². The minimum atomic E-state index is -1.00. The Kier molecular flexibility index (Phi) is 6.19. The number of hydrogen-bond acceptors (Lipinski definition) is 7. The number of nitrogens with one attached hydrogen (secondary N) is 3. The lowest BCUT2D eigenvalue weighted by atomic mass is 10.0. The van der Waals surface area contributed by atoms with Crippen molar-refractivity contribution in [2.24, 2.45) is 0 Å². The van der Waals surface area contributed by atoms with E-state index < -0.39 is 29.7 Å². The zero-order chi connectivity index (χ0) is 25.2. The van der Waals surface area contributed by atoms with E-state index in [0.29, 0.717) is 37.3 Å². The Morgan fingerprint density at radius 3 is 2.69 bits per heavy atom. The number of carbonyl (C=O) groups is 5. The molecule has 1 saturated heterocycles. The number of carbonyl (C=O) groups excluding carboxylic acids is 5. The van der Waals surface area contributed by atoms with Gasteiger partial charge in [0, 0.05) is 31.4 Å². The van der Waals surface area contributed by atoms with Gasteiger partial charge in [0.05, 0.1) is 16.6 Å². The summed E-state index contributed by atoms with van der Waals surface area (Å²) >= 11 is 0. The second-order valence-corrected chi connectivity index (χ2v) is 8.65. The summed E-state index contributed by atoms with van der Waals surface area (Å²) in [5, 5.41) is 8.26. The molecule has 1 atom stereocenters. The van der Waals surface area contributed by atoms with Crippen LogP contribution in [0.3, 0.4) is 0 Å². The molecule has 5 rings (SSSR count). The number of piperidine rings is 1. The molecule has 1 unspecified atom stereocenters. The van der Waals surface area contributed by atoms with Gasteiger partial charge in [0.1, 0.15) is 12.4 Å². The highest BCUT2D eigenvalue weighted by molar-refractivity contribution is 6.25. The third-order valence-corrected chi connectivity index (χ3v) is 6.33. The summed E-state index contributed by atoms with van der Waals surface area (Å²) in [6, 6.07) is 9.49. The first-order valence-electron chi connectivity index (χ1n) is 11.7. The largest absolute Gasteiger partial charge is 0.384 e. The molecule has 3 N–H and O–H groups in total.